The molecule has 0 saturated carbocycles. The molecular formula is C10H14N4O4. The number of piperazine rings is 1. The number of ether oxygens (including phenoxy) is 1. The lowest BCUT2D eigenvalue weighted by Crippen LogP contribution is -2.50. The quantitative estimate of drug-likeness (QED) is 0.237. The molecule has 1 fully saturated rings. The lowest BCUT2D eigenvalue weighted by atomic mass is 10.4. The predicted molar refractivity (Wildman–Crippen MR) is 60.7 cm³/mol. The number of carbonyl (C=O) groups is 1. The highest BCUT2D eigenvalue weighted by Gasteiger charge is 2.26. The number of hydrogen-bond acceptors (Lipinski definition) is 5. The van der Waals surface area contributed by atoms with E-state index in [0.29, 0.717) is 31.1 Å². The van der Waals surface area contributed by atoms with Crippen LogP contribution in [0.5, 0.6) is 0 Å². The fraction of sp³-hybridized carbons (Fsp3) is 0.500. The molecule has 0 aromatic carbocycles. The highest BCUT2D eigenvalue weighted by Crippen LogP contribution is 2.04. The Labute approximate surface area is 105 Å². The van der Waals surface area contributed by atoms with Crippen molar-refractivity contribution in [1.82, 2.24) is 9.91 Å². The first-order chi connectivity index (χ1) is 8.69. The molecule has 0 aromatic rings. The molecule has 1 heterocycles. The maximum absolute atomic E-state index is 11.4. The van der Waals surface area contributed by atoms with Crippen molar-refractivity contribution in [3.8, 4) is 12.3 Å². The third kappa shape index (κ3) is 3.86. The van der Waals surface area contributed by atoms with Gasteiger partial charge in [0, 0.05) is 13.1 Å². The molecule has 1 saturated heterocycles. The van der Waals surface area contributed by atoms with E-state index >= 15 is 0 Å². The second kappa shape index (κ2) is 7.01. The van der Waals surface area contributed by atoms with E-state index in [9.17, 15) is 10.0 Å². The van der Waals surface area contributed by atoms with Crippen molar-refractivity contribution in [2.75, 3.05) is 32.8 Å². The SMILES string of the molecule is C#CCOC(=O)N1CCN(/[N+]([O-])=N/OC=C)CC1. The Morgan fingerprint density at radius 3 is 2.78 bits per heavy atom. The van der Waals surface area contributed by atoms with Crippen LogP contribution >= 0.6 is 0 Å². The summed E-state index contributed by atoms with van der Waals surface area (Å²) in [6.45, 7) is 4.57. The Bertz CT molecular complexity index is 369. The summed E-state index contributed by atoms with van der Waals surface area (Å²) in [7, 11) is 0. The summed E-state index contributed by atoms with van der Waals surface area (Å²) in [6, 6.07) is 0. The number of hydrazine groups is 1. The fourth-order valence-corrected chi connectivity index (χ4v) is 1.37. The molecule has 18 heavy (non-hydrogen) atoms. The van der Waals surface area contributed by atoms with Crippen LogP contribution in [0.15, 0.2) is 18.1 Å². The smallest absolute Gasteiger partial charge is 0.410 e. The molecular weight excluding hydrogens is 240 g/mol. The molecule has 0 aliphatic carbocycles. The van der Waals surface area contributed by atoms with E-state index in [1.165, 1.54) is 9.91 Å². The van der Waals surface area contributed by atoms with Crippen molar-refractivity contribution in [3.63, 3.8) is 0 Å². The van der Waals surface area contributed by atoms with Gasteiger partial charge in [0.2, 0.25) is 5.28 Å². The van der Waals surface area contributed by atoms with Crippen molar-refractivity contribution in [3.05, 3.63) is 18.0 Å². The Balaban J connectivity index is 2.39. The largest absolute Gasteiger partial charge is 0.569 e. The lowest BCUT2D eigenvalue weighted by Gasteiger charge is -2.30. The number of amides is 1. The van der Waals surface area contributed by atoms with Crippen LogP contribution in [0.4, 0.5) is 4.79 Å². The van der Waals surface area contributed by atoms with Crippen LogP contribution in [0, 0.1) is 17.6 Å². The van der Waals surface area contributed by atoms with Crippen LogP contribution in [0.2, 0.25) is 0 Å². The van der Waals surface area contributed by atoms with Gasteiger partial charge in [-0.3, -0.25) is 0 Å². The van der Waals surface area contributed by atoms with Crippen molar-refractivity contribution in [2.24, 2.45) is 5.28 Å². The van der Waals surface area contributed by atoms with E-state index in [4.69, 9.17) is 11.2 Å². The Kier molecular flexibility index (Phi) is 5.31. The van der Waals surface area contributed by atoms with Gasteiger partial charge < -0.3 is 19.7 Å². The van der Waals surface area contributed by atoms with Gasteiger partial charge in [-0.2, -0.15) is 0 Å². The molecule has 8 nitrogen and oxygen atoms in total. The molecule has 0 bridgehead atoms. The monoisotopic (exact) mass is 254 g/mol. The van der Waals surface area contributed by atoms with E-state index in [1.807, 2.05) is 0 Å². The summed E-state index contributed by atoms with van der Waals surface area (Å²) in [6.07, 6.45) is 5.54. The van der Waals surface area contributed by atoms with Gasteiger partial charge >= 0.3 is 6.09 Å². The number of terminal acetylenes is 1. The van der Waals surface area contributed by atoms with E-state index in [-0.39, 0.29) is 6.61 Å². The van der Waals surface area contributed by atoms with Crippen LogP contribution < -0.4 is 0 Å². The van der Waals surface area contributed by atoms with Gasteiger partial charge in [0.25, 0.3) is 0 Å². The van der Waals surface area contributed by atoms with E-state index in [0.717, 1.165) is 6.26 Å². The summed E-state index contributed by atoms with van der Waals surface area (Å²) in [5.41, 5.74) is 0. The molecule has 98 valence electrons. The molecule has 1 amide bonds. The van der Waals surface area contributed by atoms with Crippen LogP contribution in [0.25, 0.3) is 0 Å². The third-order valence-electron chi connectivity index (χ3n) is 2.23. The van der Waals surface area contributed by atoms with Crippen molar-refractivity contribution in [1.29, 1.82) is 0 Å². The molecule has 8 heteroatoms. The Morgan fingerprint density at radius 2 is 2.22 bits per heavy atom. The zero-order chi connectivity index (χ0) is 13.4. The van der Waals surface area contributed by atoms with Gasteiger partial charge in [-0.1, -0.05) is 12.5 Å². The number of nitrogens with zero attached hydrogens (tertiary/aromatic N) is 4. The molecule has 0 N–H and O–H groups in total. The molecule has 1 aliphatic rings. The average molecular weight is 254 g/mol. The maximum Gasteiger partial charge on any atom is 0.410 e. The summed E-state index contributed by atoms with van der Waals surface area (Å²) in [5, 5.41) is 15.9. The van der Waals surface area contributed by atoms with Crippen LogP contribution in [0.1, 0.15) is 0 Å². The lowest BCUT2D eigenvalue weighted by molar-refractivity contribution is -0.710. The van der Waals surface area contributed by atoms with E-state index in [2.05, 4.69) is 22.6 Å². The van der Waals surface area contributed by atoms with E-state index in [1.54, 1.807) is 0 Å². The second-order valence-electron chi connectivity index (χ2n) is 3.31. The van der Waals surface area contributed by atoms with Gasteiger partial charge in [-0.25, -0.2) is 4.79 Å². The summed E-state index contributed by atoms with van der Waals surface area (Å²) < 4.78 is 4.77. The summed E-state index contributed by atoms with van der Waals surface area (Å²) >= 11 is 0. The van der Waals surface area contributed by atoms with Gasteiger partial charge in [0.1, 0.15) is 6.26 Å². The number of rotatable bonds is 4. The first-order valence-corrected chi connectivity index (χ1v) is 5.24. The molecule has 0 radical (unpaired) electrons. The van der Waals surface area contributed by atoms with Crippen molar-refractivity contribution >= 4 is 6.09 Å². The van der Waals surface area contributed by atoms with Gasteiger partial charge in [0.05, 0.1) is 18.1 Å². The Morgan fingerprint density at radius 1 is 1.56 bits per heavy atom. The van der Waals surface area contributed by atoms with Crippen LogP contribution in [-0.2, 0) is 9.57 Å². The summed E-state index contributed by atoms with van der Waals surface area (Å²) in [5.74, 6) is 2.21. The minimum absolute atomic E-state index is 0.0603. The van der Waals surface area contributed by atoms with E-state index < -0.39 is 6.09 Å². The molecule has 0 unspecified atom stereocenters. The minimum Gasteiger partial charge on any atom is -0.569 e. The zero-order valence-electron chi connectivity index (χ0n) is 9.82. The minimum atomic E-state index is -0.482. The van der Waals surface area contributed by atoms with Crippen molar-refractivity contribution in [2.45, 2.75) is 0 Å². The fourth-order valence-electron chi connectivity index (χ4n) is 1.37. The highest BCUT2D eigenvalue weighted by molar-refractivity contribution is 5.67. The highest BCUT2D eigenvalue weighted by atomic mass is 16.7. The van der Waals surface area contributed by atoms with Gasteiger partial charge in [-0.15, -0.1) is 11.4 Å². The zero-order valence-corrected chi connectivity index (χ0v) is 9.82. The first-order valence-electron chi connectivity index (χ1n) is 5.24. The van der Waals surface area contributed by atoms with Crippen LogP contribution in [0.3, 0.4) is 0 Å². The molecule has 0 spiro atoms. The first kappa shape index (κ1) is 13.6. The third-order valence-corrected chi connectivity index (χ3v) is 2.23. The van der Waals surface area contributed by atoms with Gasteiger partial charge in [-0.05, 0) is 0 Å². The molecule has 1 aliphatic heterocycles. The Hall–Kier alpha value is -2.43. The standard InChI is InChI=1S/C10H14N4O4/c1-3-9-17-10(15)12-5-7-13(8-6-12)14(16)11-18-4-2/h1,4H,2,5-9H2/b14-11-. The maximum atomic E-state index is 11.4. The molecule has 0 aromatic heterocycles. The second-order valence-corrected chi connectivity index (χ2v) is 3.31. The topological polar surface area (TPSA) is 80.4 Å². The van der Waals surface area contributed by atoms with Crippen molar-refractivity contribution < 1.29 is 19.3 Å². The predicted octanol–water partition coefficient (Wildman–Crippen LogP) is 0.326. The number of hydrogen-bond donors (Lipinski definition) is 0. The normalized spacial score (nSPS) is 15.8. The summed E-state index contributed by atoms with van der Waals surface area (Å²) in [4.78, 5) is 17.6. The van der Waals surface area contributed by atoms with Gasteiger partial charge in [0.15, 0.2) is 6.61 Å². The average Bonchev–Trinajstić information content (AvgIpc) is 2.42. The van der Waals surface area contributed by atoms with Crippen LogP contribution in [-0.4, -0.2) is 53.8 Å². The molecule has 0 atom stereocenters. The number of carbonyl (C=O) groups excluding carboxylic acids is 1. The molecule has 1 rings (SSSR count).